The molecule has 0 heterocycles. The van der Waals surface area contributed by atoms with Crippen LogP contribution in [0.25, 0.3) is 0 Å². The molecule has 6 heteroatoms. The normalized spacial score (nSPS) is 14.5. The van der Waals surface area contributed by atoms with Gasteiger partial charge in [-0.05, 0) is 45.8 Å². The topological polar surface area (TPSA) is 75.4 Å². The molecular weight excluding hydrogens is 328 g/mol. The Morgan fingerprint density at radius 3 is 2.50 bits per heavy atom. The number of rotatable bonds is 12. The van der Waals surface area contributed by atoms with Crippen molar-refractivity contribution in [3.8, 4) is 0 Å². The highest BCUT2D eigenvalue weighted by Crippen LogP contribution is 2.02. The highest BCUT2D eigenvalue weighted by atomic mass is 16.5. The average Bonchev–Trinajstić information content (AvgIpc) is 2.59. The molecule has 0 bridgehead atoms. The van der Waals surface area contributed by atoms with E-state index in [1.807, 2.05) is 45.9 Å². The molecule has 0 spiro atoms. The van der Waals surface area contributed by atoms with E-state index in [4.69, 9.17) is 4.74 Å². The molecule has 6 nitrogen and oxygen atoms in total. The summed E-state index contributed by atoms with van der Waals surface area (Å²) in [5.41, 5.74) is 2.80. The van der Waals surface area contributed by atoms with Gasteiger partial charge in [-0.25, -0.2) is 0 Å². The quantitative estimate of drug-likeness (QED) is 0.140. The molecule has 1 amide bonds. The molecule has 0 saturated carbocycles. The van der Waals surface area contributed by atoms with E-state index in [0.717, 1.165) is 23.3 Å². The first-order chi connectivity index (χ1) is 12.4. The van der Waals surface area contributed by atoms with Crippen LogP contribution in [0.4, 0.5) is 0 Å². The van der Waals surface area contributed by atoms with E-state index in [-0.39, 0.29) is 11.9 Å². The summed E-state index contributed by atoms with van der Waals surface area (Å²) < 4.78 is 5.56. The van der Waals surface area contributed by atoms with Crippen LogP contribution in [0.3, 0.4) is 0 Å². The largest absolute Gasteiger partial charge is 0.381 e. The number of ether oxygens (including phenoxy) is 1. The predicted molar refractivity (Wildman–Crippen MR) is 108 cm³/mol. The Hall–Kier alpha value is -2.34. The Kier molecular flexibility index (Phi) is 13.6. The van der Waals surface area contributed by atoms with Crippen LogP contribution < -0.4 is 5.32 Å². The van der Waals surface area contributed by atoms with E-state index in [9.17, 15) is 4.79 Å². The van der Waals surface area contributed by atoms with Gasteiger partial charge in [0.05, 0.1) is 13.7 Å². The summed E-state index contributed by atoms with van der Waals surface area (Å²) in [6.45, 7) is 12.7. The number of nitrogens with zero attached hydrogens (tertiary/aromatic N) is 3. The van der Waals surface area contributed by atoms with Gasteiger partial charge in [0.2, 0.25) is 5.91 Å². The highest BCUT2D eigenvalue weighted by Gasteiger charge is 2.04. The highest BCUT2D eigenvalue weighted by molar-refractivity contribution is 5.88. The number of nitrogens with one attached hydrogen (secondary N) is 1. The van der Waals surface area contributed by atoms with E-state index in [1.54, 1.807) is 13.1 Å². The number of hydrogen-bond acceptors (Lipinski definition) is 4. The van der Waals surface area contributed by atoms with Gasteiger partial charge in [0.25, 0.3) is 0 Å². The monoisotopic (exact) mass is 360 g/mol. The summed E-state index contributed by atoms with van der Waals surface area (Å²) in [5.74, 6) is -0.117. The summed E-state index contributed by atoms with van der Waals surface area (Å²) in [7, 11) is 1.58. The Morgan fingerprint density at radius 2 is 1.88 bits per heavy atom. The van der Waals surface area contributed by atoms with Crippen molar-refractivity contribution >= 4 is 11.6 Å². The molecule has 1 N–H and O–H groups in total. The van der Waals surface area contributed by atoms with Gasteiger partial charge in [-0.3, -0.25) is 4.79 Å². The molecule has 0 aromatic carbocycles. The molecule has 26 heavy (non-hydrogen) atoms. The van der Waals surface area contributed by atoms with Crippen molar-refractivity contribution in [3.05, 3.63) is 48.1 Å². The van der Waals surface area contributed by atoms with Crippen LogP contribution in [0.5, 0.6) is 0 Å². The van der Waals surface area contributed by atoms with Crippen LogP contribution in [0.2, 0.25) is 0 Å². The van der Waals surface area contributed by atoms with Crippen molar-refractivity contribution in [3.63, 3.8) is 0 Å². The Bertz CT molecular complexity index is 587. The van der Waals surface area contributed by atoms with Gasteiger partial charge in [-0.1, -0.05) is 35.6 Å². The first-order valence-electron chi connectivity index (χ1n) is 8.77. The van der Waals surface area contributed by atoms with Crippen LogP contribution in [-0.4, -0.2) is 37.9 Å². The molecule has 144 valence electrons. The Balaban J connectivity index is 4.08. The van der Waals surface area contributed by atoms with Crippen molar-refractivity contribution in [2.75, 3.05) is 20.3 Å². The summed E-state index contributed by atoms with van der Waals surface area (Å²) in [6.07, 6.45) is 10.6. The lowest BCUT2D eigenvalue weighted by Crippen LogP contribution is -2.32. The van der Waals surface area contributed by atoms with E-state index < -0.39 is 0 Å². The lowest BCUT2D eigenvalue weighted by atomic mass is 10.2. The zero-order chi connectivity index (χ0) is 19.8. The maximum absolute atomic E-state index is 11.9. The molecule has 1 atom stereocenters. The maximum Gasteiger partial charge on any atom is 0.244 e. The smallest absolute Gasteiger partial charge is 0.244 e. The third-order valence-corrected chi connectivity index (χ3v) is 3.32. The number of carbonyl (C=O) groups is 1. The fourth-order valence-electron chi connectivity index (χ4n) is 1.77. The second-order valence-corrected chi connectivity index (χ2v) is 5.99. The van der Waals surface area contributed by atoms with Gasteiger partial charge >= 0.3 is 0 Å². The zero-order valence-electron chi connectivity index (χ0n) is 16.7. The van der Waals surface area contributed by atoms with E-state index >= 15 is 0 Å². The molecule has 1 unspecified atom stereocenters. The van der Waals surface area contributed by atoms with Gasteiger partial charge in [0, 0.05) is 30.9 Å². The molecule has 0 aliphatic rings. The van der Waals surface area contributed by atoms with Crippen molar-refractivity contribution in [2.45, 2.75) is 46.6 Å². The SMILES string of the molecule is C=C(C)\C=C/C(/C=C/C(=O)NC(C)CCOCC/C(C)=N/N=NC)=C\C. The van der Waals surface area contributed by atoms with E-state index in [0.29, 0.717) is 19.6 Å². The molecule has 0 saturated heterocycles. The lowest BCUT2D eigenvalue weighted by molar-refractivity contribution is -0.117. The lowest BCUT2D eigenvalue weighted by Gasteiger charge is -2.12. The minimum Gasteiger partial charge on any atom is -0.381 e. The van der Waals surface area contributed by atoms with Gasteiger partial charge in [0.15, 0.2) is 0 Å². The third kappa shape index (κ3) is 14.0. The van der Waals surface area contributed by atoms with E-state index in [1.165, 1.54) is 6.08 Å². The molecule has 0 aliphatic carbocycles. The second-order valence-electron chi connectivity index (χ2n) is 5.99. The molecular formula is C20H32N4O2. The first kappa shape index (κ1) is 23.7. The average molecular weight is 361 g/mol. The van der Waals surface area contributed by atoms with Crippen LogP contribution in [0.1, 0.15) is 40.5 Å². The number of amides is 1. The molecule has 0 fully saturated rings. The summed E-state index contributed by atoms with van der Waals surface area (Å²) >= 11 is 0. The molecule has 0 rings (SSSR count). The van der Waals surface area contributed by atoms with Gasteiger partial charge in [0.1, 0.15) is 0 Å². The van der Waals surface area contributed by atoms with Crippen LogP contribution >= 0.6 is 0 Å². The predicted octanol–water partition coefficient (Wildman–Crippen LogP) is 4.38. The standard InChI is InChI=1S/C20H32N4O2/c1-7-19(9-8-16(2)3)10-11-20(25)22-17(4)12-14-26-15-13-18(5)23-24-21-6/h7-11,17H,2,12-15H2,1,3-6H3,(H,22,25)/b9-8-,11-10+,19-7+,23-18+,24-21?. The van der Waals surface area contributed by atoms with Gasteiger partial charge in [-0.15, -0.1) is 5.10 Å². The summed E-state index contributed by atoms with van der Waals surface area (Å²) in [5, 5.41) is 14.0. The first-order valence-corrected chi connectivity index (χ1v) is 8.77. The van der Waals surface area contributed by atoms with Crippen molar-refractivity contribution in [1.29, 1.82) is 0 Å². The second kappa shape index (κ2) is 15.0. The van der Waals surface area contributed by atoms with E-state index in [2.05, 4.69) is 27.3 Å². The maximum atomic E-state index is 11.9. The van der Waals surface area contributed by atoms with Crippen LogP contribution in [-0.2, 0) is 9.53 Å². The van der Waals surface area contributed by atoms with Crippen LogP contribution in [0, 0.1) is 0 Å². The minimum atomic E-state index is -0.117. The molecule has 0 aromatic heterocycles. The summed E-state index contributed by atoms with van der Waals surface area (Å²) in [4.78, 5) is 11.9. The fraction of sp³-hybridized carbons (Fsp3) is 0.500. The fourth-order valence-corrected chi connectivity index (χ4v) is 1.77. The van der Waals surface area contributed by atoms with Crippen molar-refractivity contribution in [1.82, 2.24) is 5.32 Å². The van der Waals surface area contributed by atoms with Gasteiger partial charge in [-0.2, -0.15) is 5.11 Å². The Morgan fingerprint density at radius 1 is 1.19 bits per heavy atom. The zero-order valence-corrected chi connectivity index (χ0v) is 16.7. The number of allylic oxidation sites excluding steroid dienone is 6. The van der Waals surface area contributed by atoms with Crippen molar-refractivity contribution in [2.24, 2.45) is 15.4 Å². The van der Waals surface area contributed by atoms with Gasteiger partial charge < -0.3 is 10.1 Å². The molecule has 0 radical (unpaired) electrons. The van der Waals surface area contributed by atoms with Crippen molar-refractivity contribution < 1.29 is 9.53 Å². The minimum absolute atomic E-state index is 0.0378. The third-order valence-electron chi connectivity index (χ3n) is 3.32. The Labute approximate surface area is 157 Å². The van der Waals surface area contributed by atoms with Crippen LogP contribution in [0.15, 0.2) is 63.5 Å². The molecule has 0 aromatic rings. The number of carbonyl (C=O) groups excluding carboxylic acids is 1. The summed E-state index contributed by atoms with van der Waals surface area (Å²) in [6, 6.07) is 0.0378. The molecule has 0 aliphatic heterocycles. The number of hydrogen-bond donors (Lipinski definition) is 1.